The van der Waals surface area contributed by atoms with Crippen molar-refractivity contribution in [3.05, 3.63) is 41.4 Å². The first-order valence-corrected chi connectivity index (χ1v) is 4.82. The van der Waals surface area contributed by atoms with E-state index in [0.717, 1.165) is 0 Å². The van der Waals surface area contributed by atoms with E-state index < -0.39 is 5.82 Å². The van der Waals surface area contributed by atoms with E-state index in [-0.39, 0.29) is 5.69 Å². The van der Waals surface area contributed by atoms with Gasteiger partial charge in [0.25, 0.3) is 0 Å². The van der Waals surface area contributed by atoms with Crippen LogP contribution in [0.1, 0.15) is 0 Å². The minimum Gasteiger partial charge on any atom is -0.382 e. The van der Waals surface area contributed by atoms with Crippen molar-refractivity contribution in [1.29, 1.82) is 0 Å². The second-order valence-corrected chi connectivity index (χ2v) is 3.51. The Kier molecular flexibility index (Phi) is 2.87. The van der Waals surface area contributed by atoms with Crippen molar-refractivity contribution < 1.29 is 4.39 Å². The molecule has 16 heavy (non-hydrogen) atoms. The van der Waals surface area contributed by atoms with Crippen LogP contribution in [0.15, 0.2) is 30.6 Å². The summed E-state index contributed by atoms with van der Waals surface area (Å²) in [5.74, 6) is 0.267. The van der Waals surface area contributed by atoms with E-state index in [1.807, 2.05) is 0 Å². The van der Waals surface area contributed by atoms with E-state index in [9.17, 15) is 4.39 Å². The molecule has 2 aromatic rings. The maximum absolute atomic E-state index is 13.4. The highest BCUT2D eigenvalue weighted by Gasteiger charge is 2.03. The molecule has 1 aromatic heterocycles. The molecule has 0 saturated carbocycles. The van der Waals surface area contributed by atoms with E-state index in [1.54, 1.807) is 6.07 Å². The number of nitrogens with zero attached hydrogens (tertiary/aromatic N) is 2. The van der Waals surface area contributed by atoms with Crippen LogP contribution in [0.4, 0.5) is 21.7 Å². The third-order valence-corrected chi connectivity index (χ3v) is 2.10. The van der Waals surface area contributed by atoms with E-state index in [0.29, 0.717) is 16.7 Å². The van der Waals surface area contributed by atoms with Gasteiger partial charge in [-0.2, -0.15) is 0 Å². The Morgan fingerprint density at radius 3 is 2.69 bits per heavy atom. The van der Waals surface area contributed by atoms with Crippen LogP contribution in [0, 0.1) is 5.82 Å². The molecule has 0 saturated heterocycles. The monoisotopic (exact) mass is 238 g/mol. The topological polar surface area (TPSA) is 63.8 Å². The molecule has 0 spiro atoms. The van der Waals surface area contributed by atoms with Crippen LogP contribution >= 0.6 is 11.6 Å². The largest absolute Gasteiger partial charge is 0.382 e. The van der Waals surface area contributed by atoms with Crippen LogP contribution in [0.2, 0.25) is 5.02 Å². The van der Waals surface area contributed by atoms with Crippen molar-refractivity contribution in [2.75, 3.05) is 11.1 Å². The Bertz CT molecular complexity index is 501. The number of nitrogen functional groups attached to an aromatic ring is 1. The fourth-order valence-electron chi connectivity index (χ4n) is 1.13. The van der Waals surface area contributed by atoms with Crippen LogP contribution < -0.4 is 11.1 Å². The van der Waals surface area contributed by atoms with Crippen molar-refractivity contribution >= 4 is 28.9 Å². The van der Waals surface area contributed by atoms with Crippen molar-refractivity contribution in [1.82, 2.24) is 9.97 Å². The minimum absolute atomic E-state index is 0.281. The molecule has 1 aromatic carbocycles. The van der Waals surface area contributed by atoms with E-state index >= 15 is 0 Å². The van der Waals surface area contributed by atoms with E-state index in [1.165, 1.54) is 24.5 Å². The molecule has 0 aliphatic carbocycles. The third kappa shape index (κ3) is 2.38. The summed E-state index contributed by atoms with van der Waals surface area (Å²) >= 11 is 5.63. The van der Waals surface area contributed by atoms with Gasteiger partial charge in [-0.1, -0.05) is 11.6 Å². The summed E-state index contributed by atoms with van der Waals surface area (Å²) in [6.45, 7) is 0. The highest BCUT2D eigenvalue weighted by atomic mass is 35.5. The lowest BCUT2D eigenvalue weighted by atomic mass is 10.3. The molecule has 0 aliphatic rings. The van der Waals surface area contributed by atoms with Gasteiger partial charge in [-0.25, -0.2) is 14.4 Å². The Labute approximate surface area is 96.3 Å². The number of hydrogen-bond acceptors (Lipinski definition) is 4. The summed E-state index contributed by atoms with van der Waals surface area (Å²) in [6, 6.07) is 4.32. The van der Waals surface area contributed by atoms with Gasteiger partial charge in [0.15, 0.2) is 0 Å². The van der Waals surface area contributed by atoms with Gasteiger partial charge < -0.3 is 11.1 Å². The minimum atomic E-state index is -0.453. The Morgan fingerprint density at radius 2 is 2.06 bits per heavy atom. The average Bonchev–Trinajstić information content (AvgIpc) is 2.25. The summed E-state index contributed by atoms with van der Waals surface area (Å²) in [7, 11) is 0. The number of anilines is 3. The van der Waals surface area contributed by atoms with Gasteiger partial charge in [-0.05, 0) is 18.2 Å². The molecule has 0 unspecified atom stereocenters. The smallest absolute Gasteiger partial charge is 0.149 e. The molecule has 0 radical (unpaired) electrons. The summed E-state index contributed by atoms with van der Waals surface area (Å²) < 4.78 is 13.4. The van der Waals surface area contributed by atoms with Crippen LogP contribution in [-0.2, 0) is 0 Å². The van der Waals surface area contributed by atoms with Crippen molar-refractivity contribution in [2.45, 2.75) is 0 Å². The van der Waals surface area contributed by atoms with Crippen molar-refractivity contribution in [3.8, 4) is 0 Å². The lowest BCUT2D eigenvalue weighted by Gasteiger charge is -2.06. The lowest BCUT2D eigenvalue weighted by molar-refractivity contribution is 0.632. The second-order valence-electron chi connectivity index (χ2n) is 3.08. The SMILES string of the molecule is Nc1cnc(Nc2ccc(Cl)cc2F)cn1. The molecule has 4 nitrogen and oxygen atoms in total. The summed E-state index contributed by atoms with van der Waals surface area (Å²) in [4.78, 5) is 7.77. The van der Waals surface area contributed by atoms with Gasteiger partial charge >= 0.3 is 0 Å². The van der Waals surface area contributed by atoms with Crippen LogP contribution in [0.5, 0.6) is 0 Å². The number of hydrogen-bond donors (Lipinski definition) is 2. The zero-order valence-corrected chi connectivity index (χ0v) is 8.87. The zero-order chi connectivity index (χ0) is 11.5. The van der Waals surface area contributed by atoms with Gasteiger partial charge in [0.05, 0.1) is 18.1 Å². The number of aromatic nitrogens is 2. The Hall–Kier alpha value is -1.88. The molecule has 2 rings (SSSR count). The molecule has 0 atom stereocenters. The second kappa shape index (κ2) is 4.32. The van der Waals surface area contributed by atoms with Crippen molar-refractivity contribution in [2.24, 2.45) is 0 Å². The molecule has 3 N–H and O–H groups in total. The van der Waals surface area contributed by atoms with Gasteiger partial charge in [0, 0.05) is 5.02 Å². The molecule has 0 bridgehead atoms. The van der Waals surface area contributed by atoms with Gasteiger partial charge in [0.2, 0.25) is 0 Å². The third-order valence-electron chi connectivity index (χ3n) is 1.87. The molecule has 0 aliphatic heterocycles. The van der Waals surface area contributed by atoms with Gasteiger partial charge in [-0.3, -0.25) is 0 Å². The fourth-order valence-corrected chi connectivity index (χ4v) is 1.29. The molecule has 0 fully saturated rings. The van der Waals surface area contributed by atoms with Crippen LogP contribution in [0.3, 0.4) is 0 Å². The predicted molar refractivity (Wildman–Crippen MR) is 61.1 cm³/mol. The number of rotatable bonds is 2. The average molecular weight is 239 g/mol. The molecule has 82 valence electrons. The fraction of sp³-hybridized carbons (Fsp3) is 0. The summed E-state index contributed by atoms with van der Waals surface area (Å²) in [6.07, 6.45) is 2.81. The van der Waals surface area contributed by atoms with Gasteiger partial charge in [-0.15, -0.1) is 0 Å². The van der Waals surface area contributed by atoms with Crippen molar-refractivity contribution in [3.63, 3.8) is 0 Å². The summed E-state index contributed by atoms with van der Waals surface area (Å²) in [5.41, 5.74) is 5.66. The zero-order valence-electron chi connectivity index (χ0n) is 8.11. The number of nitrogens with two attached hydrogens (primary N) is 1. The van der Waals surface area contributed by atoms with Crippen LogP contribution in [-0.4, -0.2) is 9.97 Å². The maximum Gasteiger partial charge on any atom is 0.149 e. The molecule has 0 amide bonds. The normalized spacial score (nSPS) is 10.1. The first-order valence-electron chi connectivity index (χ1n) is 4.45. The van der Waals surface area contributed by atoms with E-state index in [4.69, 9.17) is 17.3 Å². The highest BCUT2D eigenvalue weighted by Crippen LogP contribution is 2.21. The van der Waals surface area contributed by atoms with E-state index in [2.05, 4.69) is 15.3 Å². The maximum atomic E-state index is 13.4. The Morgan fingerprint density at radius 1 is 1.25 bits per heavy atom. The molecule has 1 heterocycles. The first-order chi connectivity index (χ1) is 7.65. The number of nitrogens with one attached hydrogen (secondary N) is 1. The molecule has 6 heteroatoms. The lowest BCUT2D eigenvalue weighted by Crippen LogP contribution is -1.98. The number of benzene rings is 1. The van der Waals surface area contributed by atoms with Crippen LogP contribution in [0.25, 0.3) is 0 Å². The highest BCUT2D eigenvalue weighted by molar-refractivity contribution is 6.30. The standard InChI is InChI=1S/C10H8ClFN4/c11-6-1-2-8(7(12)3-6)16-10-5-14-9(13)4-15-10/h1-5H,(H2,13,14)(H,15,16). The summed E-state index contributed by atoms with van der Waals surface area (Å²) in [5, 5.41) is 3.10. The molecular weight excluding hydrogens is 231 g/mol. The number of halogens is 2. The first kappa shape index (κ1) is 10.6. The quantitative estimate of drug-likeness (QED) is 0.844. The Balaban J connectivity index is 2.23. The predicted octanol–water partition coefficient (Wildman–Crippen LogP) is 2.59. The molecular formula is C10H8ClFN4. The van der Waals surface area contributed by atoms with Gasteiger partial charge in [0.1, 0.15) is 17.5 Å².